The molecule has 4 aromatic rings. The summed E-state index contributed by atoms with van der Waals surface area (Å²) in [5.41, 5.74) is 3.78. The SMILES string of the molecule is COc1cc(-c2csc(=NC(C)C)n2N=Cc2c[nH]c3ccc(Br)cc23)cc(OC)c1OC. The van der Waals surface area contributed by atoms with Gasteiger partial charge in [-0.25, -0.2) is 4.68 Å². The van der Waals surface area contributed by atoms with Crippen molar-refractivity contribution in [1.29, 1.82) is 0 Å². The molecule has 0 amide bonds. The number of hydrogen-bond acceptors (Lipinski definition) is 6. The van der Waals surface area contributed by atoms with Crippen LogP contribution in [0.2, 0.25) is 0 Å². The third-order valence-electron chi connectivity index (χ3n) is 5.00. The van der Waals surface area contributed by atoms with Crippen LogP contribution in [0.4, 0.5) is 0 Å². The van der Waals surface area contributed by atoms with Gasteiger partial charge in [0.1, 0.15) is 0 Å². The fourth-order valence-electron chi connectivity index (χ4n) is 3.49. The Morgan fingerprint density at radius 2 is 1.79 bits per heavy atom. The molecule has 0 aliphatic rings. The Morgan fingerprint density at radius 3 is 2.42 bits per heavy atom. The van der Waals surface area contributed by atoms with Gasteiger partial charge < -0.3 is 19.2 Å². The molecule has 172 valence electrons. The molecule has 0 unspecified atom stereocenters. The third kappa shape index (κ3) is 4.69. The number of aromatic amines is 1. The number of benzene rings is 2. The Labute approximate surface area is 204 Å². The molecule has 0 saturated carbocycles. The minimum atomic E-state index is 0.127. The van der Waals surface area contributed by atoms with Crippen LogP contribution in [-0.2, 0) is 0 Å². The average molecular weight is 529 g/mol. The molecule has 2 heterocycles. The van der Waals surface area contributed by atoms with E-state index in [0.717, 1.165) is 37.0 Å². The van der Waals surface area contributed by atoms with Crippen molar-refractivity contribution in [3.63, 3.8) is 0 Å². The molecule has 0 fully saturated rings. The summed E-state index contributed by atoms with van der Waals surface area (Å²) >= 11 is 5.08. The summed E-state index contributed by atoms with van der Waals surface area (Å²) in [6, 6.07) is 10.1. The molecule has 0 aliphatic carbocycles. The number of H-pyrrole nitrogens is 1. The van der Waals surface area contributed by atoms with Crippen molar-refractivity contribution in [3.05, 3.63) is 56.7 Å². The standard InChI is InChI=1S/C24H25BrN4O3S/c1-14(2)28-24-29(27-12-16-11-26-19-7-6-17(25)10-18(16)19)20(13-33-24)15-8-21(30-3)23(32-5)22(9-15)31-4/h6-14,26H,1-5H3. The molecule has 9 heteroatoms. The van der Waals surface area contributed by atoms with Gasteiger partial charge in [-0.2, -0.15) is 5.10 Å². The molecule has 2 aromatic heterocycles. The van der Waals surface area contributed by atoms with E-state index < -0.39 is 0 Å². The first-order valence-electron chi connectivity index (χ1n) is 10.3. The lowest BCUT2D eigenvalue weighted by Gasteiger charge is -2.14. The van der Waals surface area contributed by atoms with Crippen LogP contribution < -0.4 is 19.0 Å². The smallest absolute Gasteiger partial charge is 0.206 e. The third-order valence-corrected chi connectivity index (χ3v) is 6.33. The van der Waals surface area contributed by atoms with Gasteiger partial charge in [0.2, 0.25) is 10.6 Å². The van der Waals surface area contributed by atoms with Gasteiger partial charge in [-0.3, -0.25) is 4.99 Å². The number of ether oxygens (including phenoxy) is 3. The van der Waals surface area contributed by atoms with Gasteiger partial charge in [-0.05, 0) is 44.2 Å². The molecule has 7 nitrogen and oxygen atoms in total. The largest absolute Gasteiger partial charge is 0.493 e. The summed E-state index contributed by atoms with van der Waals surface area (Å²) in [6.07, 6.45) is 3.80. The maximum absolute atomic E-state index is 5.55. The fourth-order valence-corrected chi connectivity index (χ4v) is 4.82. The van der Waals surface area contributed by atoms with E-state index in [1.165, 1.54) is 11.3 Å². The number of halogens is 1. The lowest BCUT2D eigenvalue weighted by molar-refractivity contribution is 0.324. The minimum absolute atomic E-state index is 0.127. The molecule has 2 aromatic carbocycles. The highest BCUT2D eigenvalue weighted by Gasteiger charge is 2.17. The van der Waals surface area contributed by atoms with Crippen molar-refractivity contribution in [1.82, 2.24) is 9.66 Å². The first-order chi connectivity index (χ1) is 15.9. The Bertz CT molecular complexity index is 1360. The number of hydrogen-bond donors (Lipinski definition) is 1. The van der Waals surface area contributed by atoms with Gasteiger partial charge in [0.15, 0.2) is 11.5 Å². The van der Waals surface area contributed by atoms with Crippen LogP contribution in [-0.4, -0.2) is 43.2 Å². The maximum atomic E-state index is 5.55. The van der Waals surface area contributed by atoms with Crippen LogP contribution in [0.15, 0.2) is 56.5 Å². The molecule has 0 atom stereocenters. The predicted molar refractivity (Wildman–Crippen MR) is 137 cm³/mol. The number of nitrogens with zero attached hydrogens (tertiary/aromatic N) is 3. The number of aromatic nitrogens is 2. The lowest BCUT2D eigenvalue weighted by Crippen LogP contribution is -2.14. The molecular weight excluding hydrogens is 504 g/mol. The molecule has 4 rings (SSSR count). The van der Waals surface area contributed by atoms with Gasteiger partial charge in [0.05, 0.1) is 33.2 Å². The summed E-state index contributed by atoms with van der Waals surface area (Å²) in [6.45, 7) is 4.09. The molecular formula is C24H25BrN4O3S. The van der Waals surface area contributed by atoms with Crippen LogP contribution in [0.5, 0.6) is 17.2 Å². The summed E-state index contributed by atoms with van der Waals surface area (Å²) in [5, 5.41) is 7.95. The summed E-state index contributed by atoms with van der Waals surface area (Å²) in [7, 11) is 4.80. The van der Waals surface area contributed by atoms with Crippen LogP contribution in [0.25, 0.3) is 22.2 Å². The highest BCUT2D eigenvalue weighted by molar-refractivity contribution is 9.10. The van der Waals surface area contributed by atoms with Crippen LogP contribution in [0, 0.1) is 0 Å². The summed E-state index contributed by atoms with van der Waals surface area (Å²) < 4.78 is 19.4. The molecule has 33 heavy (non-hydrogen) atoms. The zero-order valence-corrected chi connectivity index (χ0v) is 21.5. The number of methoxy groups -OCH3 is 3. The topological polar surface area (TPSA) is 73.1 Å². The lowest BCUT2D eigenvalue weighted by atomic mass is 10.1. The minimum Gasteiger partial charge on any atom is -0.493 e. The zero-order chi connectivity index (χ0) is 23.5. The fraction of sp³-hybridized carbons (Fsp3) is 0.250. The second-order valence-corrected chi connectivity index (χ2v) is 9.28. The van der Waals surface area contributed by atoms with Gasteiger partial charge in [0.25, 0.3) is 0 Å². The van der Waals surface area contributed by atoms with Crippen molar-refractivity contribution in [3.8, 4) is 28.5 Å². The average Bonchev–Trinajstić information content (AvgIpc) is 3.39. The van der Waals surface area contributed by atoms with E-state index in [1.54, 1.807) is 21.3 Å². The molecule has 1 N–H and O–H groups in total. The van der Waals surface area contributed by atoms with E-state index in [4.69, 9.17) is 24.3 Å². The van der Waals surface area contributed by atoms with Crippen molar-refractivity contribution in [2.75, 3.05) is 21.3 Å². The molecule has 0 radical (unpaired) electrons. The van der Waals surface area contributed by atoms with Gasteiger partial charge in [-0.1, -0.05) is 15.9 Å². The Hall–Kier alpha value is -3.04. The predicted octanol–water partition coefficient (Wildman–Crippen LogP) is 5.68. The Morgan fingerprint density at radius 1 is 1.06 bits per heavy atom. The van der Waals surface area contributed by atoms with Crippen molar-refractivity contribution in [2.45, 2.75) is 19.9 Å². The molecule has 0 spiro atoms. The Balaban J connectivity index is 1.88. The molecule has 0 aliphatic heterocycles. The van der Waals surface area contributed by atoms with Gasteiger partial charge in [0, 0.05) is 44.1 Å². The second kappa shape index (κ2) is 9.84. The van der Waals surface area contributed by atoms with Gasteiger partial charge >= 0.3 is 0 Å². The highest BCUT2D eigenvalue weighted by Crippen LogP contribution is 2.41. The normalized spacial score (nSPS) is 12.3. The quantitative estimate of drug-likeness (QED) is 0.313. The van der Waals surface area contributed by atoms with Gasteiger partial charge in [-0.15, -0.1) is 11.3 Å². The number of nitrogens with one attached hydrogen (secondary N) is 1. The zero-order valence-electron chi connectivity index (χ0n) is 19.0. The van der Waals surface area contributed by atoms with Crippen molar-refractivity contribution >= 4 is 44.4 Å². The number of rotatable bonds is 7. The van der Waals surface area contributed by atoms with E-state index in [2.05, 4.69) is 27.0 Å². The van der Waals surface area contributed by atoms with Crippen LogP contribution in [0.1, 0.15) is 19.4 Å². The van der Waals surface area contributed by atoms with Crippen molar-refractivity contribution < 1.29 is 14.2 Å². The number of fused-ring (bicyclic) bond motifs is 1. The van der Waals surface area contributed by atoms with E-state index in [9.17, 15) is 0 Å². The number of thiazole rings is 1. The molecule has 0 bridgehead atoms. The van der Waals surface area contributed by atoms with Crippen molar-refractivity contribution in [2.24, 2.45) is 10.1 Å². The molecule has 0 saturated heterocycles. The van der Waals surface area contributed by atoms with E-state index in [1.807, 2.05) is 60.6 Å². The Kier molecular flexibility index (Phi) is 6.90. The first kappa shape index (κ1) is 23.1. The maximum Gasteiger partial charge on any atom is 0.206 e. The van der Waals surface area contributed by atoms with E-state index >= 15 is 0 Å². The van der Waals surface area contributed by atoms with Crippen LogP contribution >= 0.6 is 27.3 Å². The van der Waals surface area contributed by atoms with E-state index in [0.29, 0.717) is 17.2 Å². The first-order valence-corrected chi connectivity index (χ1v) is 12.0. The second-order valence-electron chi connectivity index (χ2n) is 7.53. The summed E-state index contributed by atoms with van der Waals surface area (Å²) in [5.74, 6) is 1.71. The highest BCUT2D eigenvalue weighted by atomic mass is 79.9. The monoisotopic (exact) mass is 528 g/mol. The van der Waals surface area contributed by atoms with E-state index in [-0.39, 0.29) is 6.04 Å². The van der Waals surface area contributed by atoms with Crippen LogP contribution in [0.3, 0.4) is 0 Å². The summed E-state index contributed by atoms with van der Waals surface area (Å²) in [4.78, 5) is 8.86.